The third kappa shape index (κ3) is 5.25. The van der Waals surface area contributed by atoms with Gasteiger partial charge in [-0.3, -0.25) is 14.4 Å². The van der Waals surface area contributed by atoms with Gasteiger partial charge in [-0.1, -0.05) is 0 Å². The molecule has 37 heavy (non-hydrogen) atoms. The number of carbonyl (C=O) groups is 4. The Morgan fingerprint density at radius 3 is 1.14 bits per heavy atom. The summed E-state index contributed by atoms with van der Waals surface area (Å²) in [4.78, 5) is 53.6. The molecule has 4 atom stereocenters. The van der Waals surface area contributed by atoms with E-state index < -0.39 is 68.1 Å². The van der Waals surface area contributed by atoms with E-state index in [2.05, 4.69) is 0 Å². The van der Waals surface area contributed by atoms with Crippen molar-refractivity contribution in [2.75, 3.05) is 7.11 Å². The summed E-state index contributed by atoms with van der Waals surface area (Å²) in [5.74, 6) is -2.80. The lowest BCUT2D eigenvalue weighted by Gasteiger charge is -2.66. The van der Waals surface area contributed by atoms with Crippen LogP contribution in [0.2, 0.25) is 0 Å². The summed E-state index contributed by atoms with van der Waals surface area (Å²) >= 11 is 0. The second kappa shape index (κ2) is 9.24. The van der Waals surface area contributed by atoms with E-state index in [1.807, 2.05) is 0 Å². The smallest absolute Gasteiger partial charge is 0.342 e. The second-order valence-corrected chi connectivity index (χ2v) is 14.2. The highest BCUT2D eigenvalue weighted by Crippen LogP contribution is 2.59. The van der Waals surface area contributed by atoms with E-state index in [0.717, 1.165) is 0 Å². The van der Waals surface area contributed by atoms with Gasteiger partial charge in [-0.05, 0) is 104 Å². The summed E-state index contributed by atoms with van der Waals surface area (Å²) < 4.78 is 30.1. The average molecular weight is 529 g/mol. The lowest BCUT2D eigenvalue weighted by Crippen LogP contribution is -2.87. The van der Waals surface area contributed by atoms with Crippen molar-refractivity contribution in [1.29, 1.82) is 0 Å². The minimum atomic E-state index is -2.03. The third-order valence-electron chi connectivity index (χ3n) is 7.64. The molecule has 0 aromatic carbocycles. The largest absolute Gasteiger partial charge is 0.467 e. The number of methoxy groups -OCH3 is 1. The monoisotopic (exact) mass is 528 g/mol. The number of ether oxygens (including phenoxy) is 5. The van der Waals surface area contributed by atoms with Gasteiger partial charge >= 0.3 is 23.9 Å². The molecule has 0 saturated carbocycles. The van der Waals surface area contributed by atoms with Crippen LogP contribution in [0.15, 0.2) is 0 Å². The van der Waals surface area contributed by atoms with E-state index in [9.17, 15) is 19.2 Å². The van der Waals surface area contributed by atoms with Crippen LogP contribution in [0.25, 0.3) is 0 Å². The molecule has 1 unspecified atom stereocenters. The molecule has 1 saturated heterocycles. The van der Waals surface area contributed by atoms with E-state index >= 15 is 0 Å². The van der Waals surface area contributed by atoms with Crippen molar-refractivity contribution in [3.8, 4) is 0 Å². The molecule has 0 aliphatic carbocycles. The van der Waals surface area contributed by atoms with Gasteiger partial charge in [0.1, 0.15) is 5.60 Å². The minimum Gasteiger partial charge on any atom is -0.467 e. The number of esters is 4. The first-order chi connectivity index (χ1) is 16.1. The van der Waals surface area contributed by atoms with Crippen LogP contribution in [0.1, 0.15) is 104 Å². The van der Waals surface area contributed by atoms with Crippen molar-refractivity contribution in [2.45, 2.75) is 132 Å². The van der Waals surface area contributed by atoms with Crippen LogP contribution < -0.4 is 0 Å². The van der Waals surface area contributed by atoms with Crippen molar-refractivity contribution < 1.29 is 42.9 Å². The first kappa shape index (κ1) is 32.9. The normalized spacial score (nSPS) is 32.2. The Bertz CT molecular complexity index is 946. The average Bonchev–Trinajstić information content (AvgIpc) is 2.68. The van der Waals surface area contributed by atoms with Crippen molar-refractivity contribution in [3.05, 3.63) is 0 Å². The first-order valence-corrected chi connectivity index (χ1v) is 12.6. The summed E-state index contributed by atoms with van der Waals surface area (Å²) in [7, 11) is 1.18. The van der Waals surface area contributed by atoms with Crippen LogP contribution >= 0.6 is 0 Å². The van der Waals surface area contributed by atoms with E-state index in [4.69, 9.17) is 23.7 Å². The van der Waals surface area contributed by atoms with E-state index in [0.29, 0.717) is 0 Å². The van der Waals surface area contributed by atoms with Gasteiger partial charge in [-0.2, -0.15) is 0 Å². The highest BCUT2D eigenvalue weighted by atomic mass is 16.7. The van der Waals surface area contributed by atoms with Gasteiger partial charge in [0.25, 0.3) is 0 Å². The second-order valence-electron chi connectivity index (χ2n) is 14.2. The molecule has 0 amide bonds. The van der Waals surface area contributed by atoms with Crippen LogP contribution in [0, 0.1) is 16.2 Å². The van der Waals surface area contributed by atoms with Gasteiger partial charge in [0, 0.05) is 0 Å². The van der Waals surface area contributed by atoms with Gasteiger partial charge in [0.2, 0.25) is 5.60 Å². The molecule has 1 fully saturated rings. The van der Waals surface area contributed by atoms with Crippen LogP contribution in [-0.2, 0) is 42.9 Å². The van der Waals surface area contributed by atoms with Crippen molar-refractivity contribution in [3.63, 3.8) is 0 Å². The molecule has 9 nitrogen and oxygen atoms in total. The number of hydrogen-bond acceptors (Lipinski definition) is 9. The zero-order valence-electron chi connectivity index (χ0n) is 25.7. The van der Waals surface area contributed by atoms with E-state index in [1.165, 1.54) is 27.9 Å². The lowest BCUT2D eigenvalue weighted by molar-refractivity contribution is -0.391. The topological polar surface area (TPSA) is 114 Å². The predicted octanol–water partition coefficient (Wildman–Crippen LogP) is 4.77. The molecule has 0 bridgehead atoms. The van der Waals surface area contributed by atoms with Crippen LogP contribution in [0.5, 0.6) is 0 Å². The number of carbonyl (C=O) groups excluding carboxylic acids is 4. The summed E-state index contributed by atoms with van der Waals surface area (Å²) in [6.07, 6.45) is 0. The summed E-state index contributed by atoms with van der Waals surface area (Å²) in [6.45, 7) is 24.2. The quantitative estimate of drug-likeness (QED) is 0.376. The Balaban J connectivity index is 4.23. The van der Waals surface area contributed by atoms with Crippen LogP contribution in [0.4, 0.5) is 0 Å². The molecule has 0 N–H and O–H groups in total. The van der Waals surface area contributed by atoms with E-state index in [1.54, 1.807) is 83.1 Å². The standard InChI is InChI=1S/C28H48O9/c1-21(2,3)17(29)34-26(13)24(10,11)37-25(12,20(32)33-16)27(14,35-18(30)22(4,5)6)28(26,15)36-19(31)23(7,8)9/h1-16H3/t25?,26-,27-,28+/m1/s1. The Kier molecular flexibility index (Phi) is 8.21. The van der Waals surface area contributed by atoms with Gasteiger partial charge in [-0.25, -0.2) is 4.79 Å². The van der Waals surface area contributed by atoms with Crippen LogP contribution in [-0.4, -0.2) is 59.0 Å². The minimum absolute atomic E-state index is 0.601. The molecule has 1 aliphatic rings. The van der Waals surface area contributed by atoms with Gasteiger partial charge in [0.05, 0.1) is 23.4 Å². The molecule has 0 aromatic heterocycles. The van der Waals surface area contributed by atoms with Gasteiger partial charge in [-0.15, -0.1) is 0 Å². The van der Waals surface area contributed by atoms with E-state index in [-0.39, 0.29) is 0 Å². The molecular weight excluding hydrogens is 480 g/mol. The van der Waals surface area contributed by atoms with Gasteiger partial charge in [0.15, 0.2) is 16.8 Å². The Morgan fingerprint density at radius 2 is 0.838 bits per heavy atom. The maximum atomic E-state index is 13.5. The maximum Gasteiger partial charge on any atom is 0.342 e. The molecule has 214 valence electrons. The summed E-state index contributed by atoms with van der Waals surface area (Å²) in [6, 6.07) is 0. The Hall–Kier alpha value is -2.16. The lowest BCUT2D eigenvalue weighted by atomic mass is 9.57. The molecule has 1 aliphatic heterocycles. The van der Waals surface area contributed by atoms with Crippen LogP contribution in [0.3, 0.4) is 0 Å². The number of hydrogen-bond donors (Lipinski definition) is 0. The molecule has 1 heterocycles. The molecule has 1 rings (SSSR count). The third-order valence-corrected chi connectivity index (χ3v) is 7.64. The SMILES string of the molecule is COC(=O)C1(C)OC(C)(C)[C@@](C)(OC(=O)C(C)(C)C)[C@](C)(OC(=O)C(C)(C)C)[C@]1(C)OC(=O)C(C)(C)C. The Labute approximate surface area is 222 Å². The number of rotatable bonds is 4. The molecule has 0 aromatic rings. The molecule has 0 radical (unpaired) electrons. The van der Waals surface area contributed by atoms with Crippen molar-refractivity contribution in [2.24, 2.45) is 16.2 Å². The van der Waals surface area contributed by atoms with Crippen molar-refractivity contribution in [1.82, 2.24) is 0 Å². The molecular formula is C28H48O9. The summed E-state index contributed by atoms with van der Waals surface area (Å²) in [5, 5.41) is 0. The molecule has 9 heteroatoms. The summed E-state index contributed by atoms with van der Waals surface area (Å²) in [5.41, 5.74) is -12.1. The highest BCUT2D eigenvalue weighted by Gasteiger charge is 2.82. The van der Waals surface area contributed by atoms with Gasteiger partial charge < -0.3 is 23.7 Å². The Morgan fingerprint density at radius 1 is 0.541 bits per heavy atom. The zero-order valence-corrected chi connectivity index (χ0v) is 25.7. The molecule has 0 spiro atoms. The highest BCUT2D eigenvalue weighted by molar-refractivity contribution is 5.85. The maximum absolute atomic E-state index is 13.5. The fraction of sp³-hybridized carbons (Fsp3) is 0.857. The zero-order chi connectivity index (χ0) is 29.8. The van der Waals surface area contributed by atoms with Crippen molar-refractivity contribution >= 4 is 23.9 Å². The first-order valence-electron chi connectivity index (χ1n) is 12.6. The fourth-order valence-electron chi connectivity index (χ4n) is 4.25. The fourth-order valence-corrected chi connectivity index (χ4v) is 4.25. The predicted molar refractivity (Wildman–Crippen MR) is 137 cm³/mol.